The van der Waals surface area contributed by atoms with E-state index >= 15 is 0 Å². The molecule has 0 saturated carbocycles. The van der Waals surface area contributed by atoms with E-state index in [9.17, 15) is 13.3 Å². The second-order valence-corrected chi connectivity index (χ2v) is 9.21. The summed E-state index contributed by atoms with van der Waals surface area (Å²) in [5.74, 6) is 1.43. The van der Waals surface area contributed by atoms with Crippen molar-refractivity contribution in [3.05, 3.63) is 51.9 Å². The van der Waals surface area contributed by atoms with Gasteiger partial charge in [0.25, 0.3) is 4.92 Å². The van der Waals surface area contributed by atoms with Crippen molar-refractivity contribution in [3.8, 4) is 11.5 Å². The van der Waals surface area contributed by atoms with Gasteiger partial charge >= 0.3 is 5.69 Å². The van der Waals surface area contributed by atoms with E-state index in [4.69, 9.17) is 14.7 Å². The molecule has 0 saturated heterocycles. The van der Waals surface area contributed by atoms with Gasteiger partial charge in [0.1, 0.15) is 0 Å². The average molecular weight is 451 g/mol. The van der Waals surface area contributed by atoms with Crippen LogP contribution in [0.25, 0.3) is 0 Å². The van der Waals surface area contributed by atoms with Crippen molar-refractivity contribution in [1.82, 2.24) is 9.62 Å². The summed E-state index contributed by atoms with van der Waals surface area (Å²) in [4.78, 5) is 13.0. The Balaban J connectivity index is 1.57. The molecule has 2 N–H and O–H groups in total. The minimum Gasteiger partial charge on any atom is -0.493 e. The number of hydrogen-bond acceptors (Lipinski definition) is 6. The molecule has 1 aliphatic rings. The fourth-order valence-electron chi connectivity index (χ4n) is 3.72. The first kappa shape index (κ1) is 23.0. The maximum Gasteiger partial charge on any atom is 0.317 e. The van der Waals surface area contributed by atoms with Crippen LogP contribution in [-0.2, 0) is 23.0 Å². The molecule has 0 spiro atoms. The second-order valence-electron chi connectivity index (χ2n) is 7.48. The average Bonchev–Trinajstić information content (AvgIpc) is 2.75. The molecule has 2 aromatic carbocycles. The van der Waals surface area contributed by atoms with Gasteiger partial charge in [0, 0.05) is 31.8 Å². The first-order chi connectivity index (χ1) is 14.7. The smallest absolute Gasteiger partial charge is 0.317 e. The third-order valence-electron chi connectivity index (χ3n) is 5.42. The Labute approximate surface area is 182 Å². The molecule has 0 aromatic heterocycles. The number of sulfonamides is 1. The number of ether oxygens (including phenoxy) is 2. The standard InChI is InChI=1S/C21H28N3O6S/c1-15-5-6-18(24(25)26)13-21(15)31(27,28)22-8-4-9-23-10-7-16-11-19(29-2)20(30-3)12-17(16)14-23/h5-6,11-13,22H,4,7-10,14H2,1-3H3,(H,25,26)/q+1. The van der Waals surface area contributed by atoms with Crippen molar-refractivity contribution >= 4 is 15.7 Å². The third-order valence-corrected chi connectivity index (χ3v) is 7.03. The fourth-order valence-corrected chi connectivity index (χ4v) is 5.05. The molecule has 0 radical (unpaired) electrons. The first-order valence-electron chi connectivity index (χ1n) is 9.97. The molecule has 9 nitrogen and oxygen atoms in total. The summed E-state index contributed by atoms with van der Waals surface area (Å²) in [6, 6.07) is 8.03. The number of nitrogens with zero attached hydrogens (tertiary/aromatic N) is 2. The van der Waals surface area contributed by atoms with Gasteiger partial charge in [-0.25, -0.2) is 18.3 Å². The van der Waals surface area contributed by atoms with Gasteiger partial charge in [-0.1, -0.05) is 6.07 Å². The highest BCUT2D eigenvalue weighted by Gasteiger charge is 2.23. The van der Waals surface area contributed by atoms with Crippen LogP contribution in [-0.4, -0.2) is 57.3 Å². The molecule has 0 amide bonds. The monoisotopic (exact) mass is 450 g/mol. The molecule has 0 atom stereocenters. The van der Waals surface area contributed by atoms with Crippen LogP contribution in [0.15, 0.2) is 35.2 Å². The SMILES string of the molecule is COc1cc2c(cc1OC)CN(CCCNS(=O)(=O)c1cc([N+](=O)O)ccc1C)CC2. The highest BCUT2D eigenvalue weighted by atomic mass is 32.2. The predicted molar refractivity (Wildman–Crippen MR) is 115 cm³/mol. The lowest BCUT2D eigenvalue weighted by Gasteiger charge is -2.29. The van der Waals surface area contributed by atoms with Crippen LogP contribution in [0, 0.1) is 11.8 Å². The van der Waals surface area contributed by atoms with Crippen LogP contribution in [0.1, 0.15) is 23.1 Å². The van der Waals surface area contributed by atoms with E-state index in [-0.39, 0.29) is 22.1 Å². The Kier molecular flexibility index (Phi) is 7.14. The highest BCUT2D eigenvalue weighted by Crippen LogP contribution is 2.33. The van der Waals surface area contributed by atoms with Gasteiger partial charge in [-0.05, 0) is 55.1 Å². The van der Waals surface area contributed by atoms with E-state index in [0.29, 0.717) is 17.7 Å². The summed E-state index contributed by atoms with van der Waals surface area (Å²) in [6.07, 6.45) is 1.52. The summed E-state index contributed by atoms with van der Waals surface area (Å²) in [5, 5.41) is 9.04. The van der Waals surface area contributed by atoms with E-state index in [1.54, 1.807) is 21.1 Å². The van der Waals surface area contributed by atoms with Crippen LogP contribution in [0.5, 0.6) is 11.5 Å². The zero-order chi connectivity index (χ0) is 22.6. The number of methoxy groups -OCH3 is 2. The lowest BCUT2D eigenvalue weighted by molar-refractivity contribution is -0.729. The molecule has 2 aromatic rings. The Morgan fingerprint density at radius 2 is 1.81 bits per heavy atom. The molecule has 0 unspecified atom stereocenters. The normalized spacial score (nSPS) is 14.2. The van der Waals surface area contributed by atoms with Crippen LogP contribution in [0.4, 0.5) is 5.69 Å². The molecule has 0 fully saturated rings. The van der Waals surface area contributed by atoms with Crippen molar-refractivity contribution in [2.45, 2.75) is 31.2 Å². The number of hydrogen-bond donors (Lipinski definition) is 2. The molecule has 31 heavy (non-hydrogen) atoms. The quantitative estimate of drug-likeness (QED) is 0.446. The van der Waals surface area contributed by atoms with E-state index in [2.05, 4.69) is 9.62 Å². The minimum absolute atomic E-state index is 0.0205. The van der Waals surface area contributed by atoms with Crippen molar-refractivity contribution in [2.75, 3.05) is 33.9 Å². The third kappa shape index (κ3) is 5.33. The van der Waals surface area contributed by atoms with Gasteiger partial charge in [-0.2, -0.15) is 0 Å². The summed E-state index contributed by atoms with van der Waals surface area (Å²) < 4.78 is 38.6. The molecular weight excluding hydrogens is 422 g/mol. The molecule has 0 aliphatic carbocycles. The zero-order valence-corrected chi connectivity index (χ0v) is 18.7. The van der Waals surface area contributed by atoms with E-state index in [0.717, 1.165) is 37.9 Å². The van der Waals surface area contributed by atoms with Gasteiger partial charge in [-0.3, -0.25) is 4.90 Å². The Bertz CT molecular complexity index is 1070. The van der Waals surface area contributed by atoms with Crippen LogP contribution < -0.4 is 14.2 Å². The summed E-state index contributed by atoms with van der Waals surface area (Å²) in [7, 11) is -0.553. The molecular formula is C21H28N3O6S+. The van der Waals surface area contributed by atoms with Crippen LogP contribution in [0.2, 0.25) is 0 Å². The molecule has 1 heterocycles. The number of fused-ring (bicyclic) bond motifs is 1. The molecule has 0 bridgehead atoms. The predicted octanol–water partition coefficient (Wildman–Crippen LogP) is 2.54. The van der Waals surface area contributed by atoms with Crippen LogP contribution >= 0.6 is 0 Å². The first-order valence-corrected chi connectivity index (χ1v) is 11.5. The maximum absolute atomic E-state index is 12.6. The van der Waals surface area contributed by atoms with Crippen molar-refractivity contribution in [2.24, 2.45) is 0 Å². The largest absolute Gasteiger partial charge is 0.493 e. The number of rotatable bonds is 9. The highest BCUT2D eigenvalue weighted by molar-refractivity contribution is 7.89. The maximum atomic E-state index is 12.6. The summed E-state index contributed by atoms with van der Waals surface area (Å²) in [5.41, 5.74) is 2.78. The van der Waals surface area contributed by atoms with E-state index in [1.807, 2.05) is 12.1 Å². The lowest BCUT2D eigenvalue weighted by atomic mass is 9.98. The zero-order valence-electron chi connectivity index (χ0n) is 17.9. The molecule has 10 heteroatoms. The van der Waals surface area contributed by atoms with Gasteiger partial charge in [-0.15, -0.1) is 0 Å². The van der Waals surface area contributed by atoms with Crippen molar-refractivity contribution in [3.63, 3.8) is 0 Å². The lowest BCUT2D eigenvalue weighted by Crippen LogP contribution is -2.34. The van der Waals surface area contributed by atoms with Crippen LogP contribution in [0.3, 0.4) is 0 Å². The summed E-state index contributed by atoms with van der Waals surface area (Å²) in [6.45, 7) is 4.28. The Hall–Kier alpha value is -2.69. The van der Waals surface area contributed by atoms with Gasteiger partial charge in [0.05, 0.1) is 24.0 Å². The van der Waals surface area contributed by atoms with Gasteiger partial charge < -0.3 is 9.47 Å². The Morgan fingerprint density at radius 3 is 2.45 bits per heavy atom. The van der Waals surface area contributed by atoms with Crippen molar-refractivity contribution in [1.29, 1.82) is 0 Å². The Morgan fingerprint density at radius 1 is 1.13 bits per heavy atom. The van der Waals surface area contributed by atoms with Gasteiger partial charge in [0.15, 0.2) is 11.5 Å². The number of aryl methyl sites for hydroxylation is 1. The number of benzene rings is 2. The second kappa shape index (κ2) is 9.63. The molecule has 1 aliphatic heterocycles. The van der Waals surface area contributed by atoms with E-state index < -0.39 is 10.0 Å². The van der Waals surface area contributed by atoms with E-state index in [1.165, 1.54) is 23.3 Å². The fraction of sp³-hybridized carbons (Fsp3) is 0.429. The molecule has 168 valence electrons. The van der Waals surface area contributed by atoms with Gasteiger partial charge in [0.2, 0.25) is 10.0 Å². The summed E-state index contributed by atoms with van der Waals surface area (Å²) >= 11 is 0. The topological polar surface area (TPSA) is 108 Å². The van der Waals surface area contributed by atoms with Crippen molar-refractivity contribution < 1.29 is 28.0 Å². The molecule has 3 rings (SSSR count). The minimum atomic E-state index is -3.79. The number of nitrogens with one attached hydrogen (secondary N) is 1.